The third-order valence-electron chi connectivity index (χ3n) is 2.32. The zero-order chi connectivity index (χ0) is 12.8. The van der Waals surface area contributed by atoms with Crippen LogP contribution in [-0.2, 0) is 9.53 Å². The number of carbonyl (C=O) groups is 2. The molecule has 0 saturated carbocycles. The number of aromatic nitrogens is 1. The van der Waals surface area contributed by atoms with E-state index in [0.717, 1.165) is 4.90 Å². The molecular weight excluding hydrogens is 224 g/mol. The fraction of sp³-hybridized carbons (Fsp3) is 0.364. The molecule has 6 nitrogen and oxygen atoms in total. The van der Waals surface area contributed by atoms with Crippen LogP contribution in [0.5, 0.6) is 0 Å². The maximum Gasteiger partial charge on any atom is 0.330 e. The second-order valence-electron chi connectivity index (χ2n) is 3.35. The predicted molar refractivity (Wildman–Crippen MR) is 59.2 cm³/mol. The van der Waals surface area contributed by atoms with Gasteiger partial charge in [-0.25, -0.2) is 4.79 Å². The van der Waals surface area contributed by atoms with Gasteiger partial charge >= 0.3 is 5.97 Å². The number of hydrogen-bond donors (Lipinski definition) is 1. The maximum atomic E-state index is 11.9. The minimum Gasteiger partial charge on any atom is -0.467 e. The maximum absolute atomic E-state index is 11.9. The molecule has 0 bridgehead atoms. The summed E-state index contributed by atoms with van der Waals surface area (Å²) in [6, 6.07) is 3.86. The van der Waals surface area contributed by atoms with E-state index in [2.05, 4.69) is 9.72 Å². The second-order valence-corrected chi connectivity index (χ2v) is 3.35. The van der Waals surface area contributed by atoms with Gasteiger partial charge in [-0.1, -0.05) is 6.07 Å². The lowest BCUT2D eigenvalue weighted by atomic mass is 10.2. The monoisotopic (exact) mass is 238 g/mol. The molecule has 1 unspecified atom stereocenters. The van der Waals surface area contributed by atoms with Gasteiger partial charge in [-0.15, -0.1) is 0 Å². The van der Waals surface area contributed by atoms with E-state index >= 15 is 0 Å². The number of aliphatic hydroxyl groups excluding tert-OH is 1. The number of methoxy groups -OCH3 is 1. The molecule has 1 aromatic rings. The summed E-state index contributed by atoms with van der Waals surface area (Å²) in [6.45, 7) is -0.498. The van der Waals surface area contributed by atoms with Crippen molar-refractivity contribution < 1.29 is 19.4 Å². The molecule has 0 radical (unpaired) electrons. The minimum atomic E-state index is -1.02. The van der Waals surface area contributed by atoms with E-state index in [1.807, 2.05) is 0 Å². The Labute approximate surface area is 98.8 Å². The highest BCUT2D eigenvalue weighted by Crippen LogP contribution is 2.05. The molecule has 0 aliphatic carbocycles. The van der Waals surface area contributed by atoms with Crippen molar-refractivity contribution in [3.63, 3.8) is 0 Å². The van der Waals surface area contributed by atoms with Gasteiger partial charge in [-0.3, -0.25) is 9.78 Å². The fourth-order valence-corrected chi connectivity index (χ4v) is 1.30. The quantitative estimate of drug-likeness (QED) is 0.728. The van der Waals surface area contributed by atoms with Crippen LogP contribution in [0, 0.1) is 0 Å². The van der Waals surface area contributed by atoms with Crippen LogP contribution < -0.4 is 0 Å². The van der Waals surface area contributed by atoms with E-state index in [9.17, 15) is 9.59 Å². The van der Waals surface area contributed by atoms with Crippen LogP contribution in [0.1, 0.15) is 10.5 Å². The molecule has 0 spiro atoms. The van der Waals surface area contributed by atoms with Gasteiger partial charge in [-0.05, 0) is 12.1 Å². The summed E-state index contributed by atoms with van der Waals surface area (Å²) in [7, 11) is 2.61. The first-order chi connectivity index (χ1) is 8.11. The van der Waals surface area contributed by atoms with Crippen LogP contribution >= 0.6 is 0 Å². The van der Waals surface area contributed by atoms with Gasteiger partial charge in [0.15, 0.2) is 6.04 Å². The lowest BCUT2D eigenvalue weighted by Crippen LogP contribution is -2.45. The van der Waals surface area contributed by atoms with Crippen molar-refractivity contribution in [1.82, 2.24) is 9.88 Å². The molecule has 0 fully saturated rings. The summed E-state index contributed by atoms with van der Waals surface area (Å²) in [6.07, 6.45) is 1.48. The highest BCUT2D eigenvalue weighted by atomic mass is 16.5. The number of ether oxygens (including phenoxy) is 1. The largest absolute Gasteiger partial charge is 0.467 e. The van der Waals surface area contributed by atoms with Crippen LogP contribution in [0.3, 0.4) is 0 Å². The molecular formula is C11H14N2O4. The summed E-state index contributed by atoms with van der Waals surface area (Å²) >= 11 is 0. The van der Waals surface area contributed by atoms with Crippen molar-refractivity contribution in [3.05, 3.63) is 30.1 Å². The van der Waals surface area contributed by atoms with Crippen LogP contribution in [0.15, 0.2) is 24.4 Å². The second kappa shape index (κ2) is 5.95. The van der Waals surface area contributed by atoms with Gasteiger partial charge in [0.25, 0.3) is 5.91 Å². The zero-order valence-electron chi connectivity index (χ0n) is 9.66. The molecule has 92 valence electrons. The molecule has 17 heavy (non-hydrogen) atoms. The highest BCUT2D eigenvalue weighted by Gasteiger charge is 2.28. The average Bonchev–Trinajstić information content (AvgIpc) is 2.39. The van der Waals surface area contributed by atoms with Crippen LogP contribution in [0.25, 0.3) is 0 Å². The van der Waals surface area contributed by atoms with E-state index < -0.39 is 24.5 Å². The summed E-state index contributed by atoms with van der Waals surface area (Å²) in [4.78, 5) is 28.2. The summed E-state index contributed by atoms with van der Waals surface area (Å²) in [5.74, 6) is -1.12. The van der Waals surface area contributed by atoms with Crippen molar-refractivity contribution in [2.45, 2.75) is 6.04 Å². The SMILES string of the molecule is COC(=O)C(CO)N(C)C(=O)c1ccccn1. The van der Waals surface area contributed by atoms with Crippen LogP contribution in [-0.4, -0.2) is 53.7 Å². The normalized spacial score (nSPS) is 11.7. The summed E-state index contributed by atoms with van der Waals surface area (Å²) in [5.41, 5.74) is 0.206. The zero-order valence-corrected chi connectivity index (χ0v) is 9.66. The lowest BCUT2D eigenvalue weighted by Gasteiger charge is -2.23. The van der Waals surface area contributed by atoms with E-state index in [1.54, 1.807) is 12.1 Å². The standard InChI is InChI=1S/C11H14N2O4/c1-13(9(7-14)11(16)17-2)10(15)8-5-3-4-6-12-8/h3-6,9,14H,7H2,1-2H3. The molecule has 0 aromatic carbocycles. The van der Waals surface area contributed by atoms with Gasteiger partial charge < -0.3 is 14.7 Å². The number of likely N-dealkylation sites (N-methyl/N-ethyl adjacent to an activating group) is 1. The number of amides is 1. The molecule has 0 aliphatic rings. The Morgan fingerprint density at radius 1 is 1.53 bits per heavy atom. The molecule has 0 aliphatic heterocycles. The van der Waals surface area contributed by atoms with E-state index in [0.29, 0.717) is 0 Å². The molecule has 1 N–H and O–H groups in total. The number of carbonyl (C=O) groups excluding carboxylic acids is 2. The third kappa shape index (κ3) is 3.01. The highest BCUT2D eigenvalue weighted by molar-refractivity contribution is 5.95. The van der Waals surface area contributed by atoms with Gasteiger partial charge in [0.05, 0.1) is 13.7 Å². The number of esters is 1. The third-order valence-corrected chi connectivity index (χ3v) is 2.32. The van der Waals surface area contributed by atoms with Crippen LogP contribution in [0.4, 0.5) is 0 Å². The van der Waals surface area contributed by atoms with Crippen molar-refractivity contribution in [2.75, 3.05) is 20.8 Å². The Hall–Kier alpha value is -1.95. The van der Waals surface area contributed by atoms with Crippen LogP contribution in [0.2, 0.25) is 0 Å². The molecule has 0 saturated heterocycles. The summed E-state index contributed by atoms with van der Waals surface area (Å²) in [5, 5.41) is 9.08. The smallest absolute Gasteiger partial charge is 0.330 e. The Morgan fingerprint density at radius 3 is 2.71 bits per heavy atom. The van der Waals surface area contributed by atoms with Gasteiger partial charge in [0, 0.05) is 13.2 Å². The van der Waals surface area contributed by atoms with E-state index in [1.165, 1.54) is 26.4 Å². The molecule has 6 heteroatoms. The first-order valence-corrected chi connectivity index (χ1v) is 4.98. The van der Waals surface area contributed by atoms with Gasteiger partial charge in [0.2, 0.25) is 0 Å². The molecule has 1 heterocycles. The molecule has 1 amide bonds. The van der Waals surface area contributed by atoms with E-state index in [-0.39, 0.29) is 5.69 Å². The Bertz CT molecular complexity index is 394. The Morgan fingerprint density at radius 2 is 2.24 bits per heavy atom. The molecule has 1 aromatic heterocycles. The minimum absolute atomic E-state index is 0.206. The van der Waals surface area contributed by atoms with Crippen molar-refractivity contribution in [1.29, 1.82) is 0 Å². The number of hydrogen-bond acceptors (Lipinski definition) is 5. The molecule has 1 atom stereocenters. The van der Waals surface area contributed by atoms with Crippen molar-refractivity contribution in [3.8, 4) is 0 Å². The first-order valence-electron chi connectivity index (χ1n) is 4.98. The van der Waals surface area contributed by atoms with E-state index in [4.69, 9.17) is 5.11 Å². The Balaban J connectivity index is 2.85. The number of pyridine rings is 1. The topological polar surface area (TPSA) is 79.7 Å². The lowest BCUT2D eigenvalue weighted by molar-refractivity contribution is -0.146. The number of aliphatic hydroxyl groups is 1. The average molecular weight is 238 g/mol. The summed E-state index contributed by atoms with van der Waals surface area (Å²) < 4.78 is 4.50. The fourth-order valence-electron chi connectivity index (χ4n) is 1.30. The van der Waals surface area contributed by atoms with Gasteiger partial charge in [0.1, 0.15) is 5.69 Å². The van der Waals surface area contributed by atoms with Crippen molar-refractivity contribution in [2.24, 2.45) is 0 Å². The van der Waals surface area contributed by atoms with Crippen molar-refractivity contribution >= 4 is 11.9 Å². The number of rotatable bonds is 4. The predicted octanol–water partition coefficient (Wildman–Crippen LogP) is -0.313. The first kappa shape index (κ1) is 13.1. The Kier molecular flexibility index (Phi) is 4.59. The number of nitrogens with zero attached hydrogens (tertiary/aromatic N) is 2. The molecule has 1 rings (SSSR count). The van der Waals surface area contributed by atoms with Gasteiger partial charge in [-0.2, -0.15) is 0 Å².